The highest BCUT2D eigenvalue weighted by molar-refractivity contribution is 8.39. The first-order valence-electron chi connectivity index (χ1n) is 6.23. The monoisotopic (exact) mass is 344 g/mol. The Morgan fingerprint density at radius 1 is 1.19 bits per heavy atom. The molecule has 114 valence electrons. The van der Waals surface area contributed by atoms with Gasteiger partial charge in [-0.2, -0.15) is 8.42 Å². The minimum absolute atomic E-state index is 0.0222. The molecule has 0 radical (unpaired) electrons. The Bertz CT molecular complexity index is 689. The first-order chi connectivity index (χ1) is 9.79. The molecule has 1 heterocycles. The molecule has 1 amide bonds. The zero-order chi connectivity index (χ0) is 15.6. The van der Waals surface area contributed by atoms with Crippen LogP contribution in [-0.2, 0) is 14.8 Å². The van der Waals surface area contributed by atoms with Gasteiger partial charge in [-0.1, -0.05) is 29.6 Å². The first kappa shape index (κ1) is 16.4. The van der Waals surface area contributed by atoms with Gasteiger partial charge in [0.15, 0.2) is 0 Å². The lowest BCUT2D eigenvalue weighted by Crippen LogP contribution is -2.31. The van der Waals surface area contributed by atoms with Gasteiger partial charge in [0.1, 0.15) is 4.38 Å². The van der Waals surface area contributed by atoms with Crippen LogP contribution in [0.15, 0.2) is 27.5 Å². The normalized spacial score (nSPS) is 16.0. The largest absolute Gasteiger partial charge is 0.324 e. The van der Waals surface area contributed by atoms with Crippen molar-refractivity contribution < 1.29 is 13.2 Å². The van der Waals surface area contributed by atoms with Crippen molar-refractivity contribution in [3.05, 3.63) is 29.3 Å². The Kier molecular flexibility index (Phi) is 5.00. The second-order valence-corrected chi connectivity index (χ2v) is 8.41. The van der Waals surface area contributed by atoms with Crippen LogP contribution in [0, 0.1) is 13.8 Å². The van der Waals surface area contributed by atoms with E-state index in [9.17, 15) is 13.2 Å². The number of amides is 1. The molecule has 0 N–H and O–H groups in total. The van der Waals surface area contributed by atoms with Crippen molar-refractivity contribution in [1.29, 1.82) is 0 Å². The first-order valence-corrected chi connectivity index (χ1v) is 9.64. The summed E-state index contributed by atoms with van der Waals surface area (Å²) in [6.45, 7) is 5.30. The van der Waals surface area contributed by atoms with Gasteiger partial charge in [-0.05, 0) is 37.1 Å². The summed E-state index contributed by atoms with van der Waals surface area (Å²) in [4.78, 5) is 13.1. The third-order valence-electron chi connectivity index (χ3n) is 3.10. The predicted octanol–water partition coefficient (Wildman–Crippen LogP) is 2.59. The maximum atomic E-state index is 12.3. The number of carbonyl (C=O) groups is 1. The molecule has 1 aromatic carbocycles. The van der Waals surface area contributed by atoms with Crippen molar-refractivity contribution in [2.24, 2.45) is 4.40 Å². The van der Waals surface area contributed by atoms with Gasteiger partial charge in [-0.25, -0.2) is 0 Å². The maximum Gasteiger partial charge on any atom is 0.283 e. The number of hydrogen-bond donors (Lipinski definition) is 0. The van der Waals surface area contributed by atoms with Gasteiger partial charge in [0.05, 0.1) is 16.6 Å². The molecule has 0 saturated carbocycles. The molecule has 0 aromatic heterocycles. The van der Waals surface area contributed by atoms with E-state index >= 15 is 0 Å². The highest BCUT2D eigenvalue weighted by Gasteiger charge is 2.21. The van der Waals surface area contributed by atoms with E-state index in [0.717, 1.165) is 11.1 Å². The standard InChI is InChI=1S/C13H16N2O3S3/c1-9-4-5-12(6-10(9)2)21(17,18)14-13-19-7-15(8-20-13)11(3)16/h4-6H,7-8H2,1-3H3. The molecule has 0 bridgehead atoms. The smallest absolute Gasteiger partial charge is 0.283 e. The molecule has 1 saturated heterocycles. The molecule has 0 aliphatic carbocycles. The van der Waals surface area contributed by atoms with Crippen LogP contribution in [0.3, 0.4) is 0 Å². The van der Waals surface area contributed by atoms with Gasteiger partial charge < -0.3 is 4.90 Å². The molecule has 0 atom stereocenters. The second kappa shape index (κ2) is 6.41. The number of rotatable bonds is 2. The van der Waals surface area contributed by atoms with Gasteiger partial charge in [0.2, 0.25) is 5.91 Å². The Labute approximate surface area is 133 Å². The van der Waals surface area contributed by atoms with Crippen molar-refractivity contribution in [2.45, 2.75) is 25.7 Å². The fourth-order valence-corrected chi connectivity index (χ4v) is 5.33. The average molecular weight is 344 g/mol. The van der Waals surface area contributed by atoms with E-state index in [1.54, 1.807) is 23.1 Å². The highest BCUT2D eigenvalue weighted by Crippen LogP contribution is 2.28. The average Bonchev–Trinajstić information content (AvgIpc) is 2.42. The molecule has 0 spiro atoms. The molecule has 21 heavy (non-hydrogen) atoms. The summed E-state index contributed by atoms with van der Waals surface area (Å²) in [5.41, 5.74) is 1.96. The van der Waals surface area contributed by atoms with Crippen molar-refractivity contribution in [2.75, 3.05) is 11.8 Å². The molecular formula is C13H16N2O3S3. The summed E-state index contributed by atoms with van der Waals surface area (Å²) in [7, 11) is -3.69. The fraction of sp³-hybridized carbons (Fsp3) is 0.385. The predicted molar refractivity (Wildman–Crippen MR) is 88.0 cm³/mol. The summed E-state index contributed by atoms with van der Waals surface area (Å²) in [5, 5.41) is 0. The number of carbonyl (C=O) groups excluding carboxylic acids is 1. The Morgan fingerprint density at radius 3 is 2.33 bits per heavy atom. The fourth-order valence-electron chi connectivity index (χ4n) is 1.60. The molecule has 1 aliphatic heterocycles. The summed E-state index contributed by atoms with van der Waals surface area (Å²) in [5.74, 6) is 0.846. The summed E-state index contributed by atoms with van der Waals surface area (Å²) in [6, 6.07) is 4.98. The zero-order valence-electron chi connectivity index (χ0n) is 12.0. The summed E-state index contributed by atoms with van der Waals surface area (Å²) >= 11 is 2.53. The van der Waals surface area contributed by atoms with Crippen molar-refractivity contribution >= 4 is 43.8 Å². The number of thioether (sulfide) groups is 2. The Balaban J connectivity index is 2.19. The van der Waals surface area contributed by atoms with Crippen LogP contribution in [0.2, 0.25) is 0 Å². The van der Waals surface area contributed by atoms with E-state index in [0.29, 0.717) is 16.1 Å². The Hall–Kier alpha value is -0.990. The summed E-state index contributed by atoms with van der Waals surface area (Å²) < 4.78 is 28.9. The van der Waals surface area contributed by atoms with Crippen LogP contribution in [0.25, 0.3) is 0 Å². The van der Waals surface area contributed by atoms with Gasteiger partial charge >= 0.3 is 0 Å². The lowest BCUT2D eigenvalue weighted by molar-refractivity contribution is -0.126. The molecule has 5 nitrogen and oxygen atoms in total. The molecule has 0 unspecified atom stereocenters. The number of sulfonamides is 1. The van der Waals surface area contributed by atoms with E-state index in [-0.39, 0.29) is 10.8 Å². The van der Waals surface area contributed by atoms with Crippen molar-refractivity contribution in [1.82, 2.24) is 4.90 Å². The number of hydrogen-bond acceptors (Lipinski definition) is 5. The van der Waals surface area contributed by atoms with Gasteiger partial charge in [-0.3, -0.25) is 4.79 Å². The number of aryl methyl sites for hydroxylation is 2. The molecule has 2 rings (SSSR count). The van der Waals surface area contributed by atoms with Crippen molar-refractivity contribution in [3.8, 4) is 0 Å². The SMILES string of the molecule is CC(=O)N1CSC(=NS(=O)(=O)c2ccc(C)c(C)c2)SC1. The molecule has 1 aromatic rings. The minimum Gasteiger partial charge on any atom is -0.324 e. The number of benzene rings is 1. The van der Waals surface area contributed by atoms with E-state index in [1.807, 2.05) is 13.8 Å². The van der Waals surface area contributed by atoms with Crippen LogP contribution in [0.4, 0.5) is 0 Å². The Morgan fingerprint density at radius 2 is 1.81 bits per heavy atom. The third-order valence-corrected chi connectivity index (χ3v) is 6.87. The van der Waals surface area contributed by atoms with E-state index in [1.165, 1.54) is 30.4 Å². The van der Waals surface area contributed by atoms with Crippen LogP contribution < -0.4 is 0 Å². The maximum absolute atomic E-state index is 12.3. The van der Waals surface area contributed by atoms with Crippen LogP contribution in [0.5, 0.6) is 0 Å². The highest BCUT2D eigenvalue weighted by atomic mass is 32.2. The van der Waals surface area contributed by atoms with Gasteiger partial charge in [0.25, 0.3) is 10.0 Å². The number of nitrogens with zero attached hydrogens (tertiary/aromatic N) is 2. The van der Waals surface area contributed by atoms with Gasteiger partial charge in [-0.15, -0.1) is 4.40 Å². The van der Waals surface area contributed by atoms with Crippen LogP contribution >= 0.6 is 23.5 Å². The van der Waals surface area contributed by atoms with Crippen LogP contribution in [-0.4, -0.2) is 35.4 Å². The molecule has 1 aliphatic rings. The molecule has 8 heteroatoms. The minimum atomic E-state index is -3.69. The second-order valence-electron chi connectivity index (χ2n) is 4.68. The van der Waals surface area contributed by atoms with E-state index in [2.05, 4.69) is 4.40 Å². The lowest BCUT2D eigenvalue weighted by atomic mass is 10.1. The van der Waals surface area contributed by atoms with Gasteiger partial charge in [0, 0.05) is 6.92 Å². The zero-order valence-corrected chi connectivity index (χ0v) is 14.4. The van der Waals surface area contributed by atoms with Crippen molar-refractivity contribution in [3.63, 3.8) is 0 Å². The molecular weight excluding hydrogens is 328 g/mol. The third kappa shape index (κ3) is 4.02. The van der Waals surface area contributed by atoms with E-state index < -0.39 is 10.0 Å². The van der Waals surface area contributed by atoms with E-state index in [4.69, 9.17) is 0 Å². The lowest BCUT2D eigenvalue weighted by Gasteiger charge is -2.24. The quantitative estimate of drug-likeness (QED) is 0.825. The van der Waals surface area contributed by atoms with Crippen LogP contribution in [0.1, 0.15) is 18.1 Å². The molecule has 1 fully saturated rings. The summed E-state index contributed by atoms with van der Waals surface area (Å²) in [6.07, 6.45) is 0. The topological polar surface area (TPSA) is 66.8 Å².